The monoisotopic (exact) mass is 449 g/mol. The average molecular weight is 450 g/mol. The molecule has 0 unspecified atom stereocenters. The highest BCUT2D eigenvalue weighted by Crippen LogP contribution is 2.39. The smallest absolute Gasteiger partial charge is 0.411 e. The molecule has 1 aliphatic heterocycles. The van der Waals surface area contributed by atoms with Gasteiger partial charge in [0.25, 0.3) is 8.32 Å². The van der Waals surface area contributed by atoms with Gasteiger partial charge in [-0.1, -0.05) is 87.4 Å². The Morgan fingerprint density at radius 3 is 1.88 bits per heavy atom. The van der Waals surface area contributed by atoms with E-state index < -0.39 is 13.9 Å². The molecule has 0 spiro atoms. The number of hydrogen-bond acceptors (Lipinski definition) is 3. The van der Waals surface area contributed by atoms with Crippen LogP contribution in [0.15, 0.2) is 60.7 Å². The first-order chi connectivity index (χ1) is 15.0. The van der Waals surface area contributed by atoms with Crippen molar-refractivity contribution >= 4 is 24.8 Å². The Morgan fingerprint density at radius 2 is 1.47 bits per heavy atom. The van der Waals surface area contributed by atoms with Gasteiger partial charge in [-0.25, -0.2) is 4.79 Å². The first-order valence-electron chi connectivity index (χ1n) is 11.2. The molecule has 0 aliphatic carbocycles. The second-order valence-corrected chi connectivity index (χ2v) is 14.7. The van der Waals surface area contributed by atoms with E-state index in [1.807, 2.05) is 32.9 Å². The van der Waals surface area contributed by atoms with Crippen LogP contribution < -0.4 is 10.4 Å². The molecular formula is C27H35NO3Si. The fourth-order valence-corrected chi connectivity index (χ4v) is 9.19. The molecular weight excluding hydrogens is 414 g/mol. The lowest BCUT2D eigenvalue weighted by molar-refractivity contribution is 0.0243. The molecule has 0 radical (unpaired) electrons. The fraction of sp³-hybridized carbons (Fsp3) is 0.444. The van der Waals surface area contributed by atoms with E-state index in [0.717, 1.165) is 0 Å². The van der Waals surface area contributed by atoms with Crippen molar-refractivity contribution in [1.82, 2.24) is 4.90 Å². The van der Waals surface area contributed by atoms with Crippen molar-refractivity contribution in [2.24, 2.45) is 0 Å². The van der Waals surface area contributed by atoms with Crippen LogP contribution in [0.25, 0.3) is 0 Å². The molecule has 0 bridgehead atoms. The Kier molecular flexibility index (Phi) is 6.88. The zero-order valence-corrected chi connectivity index (χ0v) is 21.1. The van der Waals surface area contributed by atoms with Crippen LogP contribution in [0.2, 0.25) is 5.04 Å². The van der Waals surface area contributed by atoms with E-state index in [4.69, 9.17) is 15.6 Å². The summed E-state index contributed by atoms with van der Waals surface area (Å²) in [7, 11) is -2.72. The fourth-order valence-electron chi connectivity index (χ4n) is 4.50. The zero-order valence-electron chi connectivity index (χ0n) is 20.1. The third-order valence-electron chi connectivity index (χ3n) is 5.84. The predicted octanol–water partition coefficient (Wildman–Crippen LogP) is 4.57. The molecule has 1 heterocycles. The molecule has 0 saturated carbocycles. The molecule has 2 aromatic carbocycles. The number of carbonyl (C=O) groups is 1. The van der Waals surface area contributed by atoms with Crippen molar-refractivity contribution < 1.29 is 14.0 Å². The normalized spacial score (nSPS) is 19.5. The summed E-state index contributed by atoms with van der Waals surface area (Å²) in [5, 5.41) is 2.29. The first kappa shape index (κ1) is 24.1. The van der Waals surface area contributed by atoms with E-state index in [-0.39, 0.29) is 23.3 Å². The van der Waals surface area contributed by atoms with Crippen LogP contribution in [0.3, 0.4) is 0 Å². The molecule has 1 aliphatic rings. The highest BCUT2D eigenvalue weighted by atomic mass is 28.4. The largest absolute Gasteiger partial charge is 0.444 e. The number of ether oxygens (including phenoxy) is 1. The van der Waals surface area contributed by atoms with Gasteiger partial charge in [-0.3, -0.25) is 4.90 Å². The van der Waals surface area contributed by atoms with Crippen molar-refractivity contribution in [1.29, 1.82) is 0 Å². The van der Waals surface area contributed by atoms with Crippen molar-refractivity contribution in [2.45, 2.75) is 70.7 Å². The molecule has 1 saturated heterocycles. The van der Waals surface area contributed by atoms with Gasteiger partial charge in [-0.05, 0) is 36.2 Å². The minimum Gasteiger partial charge on any atom is -0.444 e. The summed E-state index contributed by atoms with van der Waals surface area (Å²) < 4.78 is 12.8. The lowest BCUT2D eigenvalue weighted by atomic mass is 10.2. The van der Waals surface area contributed by atoms with Crippen molar-refractivity contribution in [2.75, 3.05) is 6.54 Å². The van der Waals surface area contributed by atoms with E-state index in [1.54, 1.807) is 4.90 Å². The van der Waals surface area contributed by atoms with Gasteiger partial charge in [-0.2, -0.15) is 0 Å². The molecule has 2 aromatic rings. The van der Waals surface area contributed by atoms with Crippen LogP contribution in [0, 0.1) is 12.3 Å². The number of amides is 1. The molecule has 5 heteroatoms. The summed E-state index contributed by atoms with van der Waals surface area (Å²) in [6.07, 6.45) is 5.86. The minimum absolute atomic E-state index is 0.138. The lowest BCUT2D eigenvalue weighted by Gasteiger charge is -2.44. The van der Waals surface area contributed by atoms with Crippen LogP contribution >= 0.6 is 0 Å². The van der Waals surface area contributed by atoms with Gasteiger partial charge in [0.1, 0.15) is 5.60 Å². The number of benzene rings is 2. The van der Waals surface area contributed by atoms with Crippen molar-refractivity contribution in [3.05, 3.63) is 60.7 Å². The second-order valence-electron chi connectivity index (χ2n) is 10.5. The van der Waals surface area contributed by atoms with E-state index in [9.17, 15) is 4.79 Å². The van der Waals surface area contributed by atoms with E-state index in [0.29, 0.717) is 13.0 Å². The van der Waals surface area contributed by atoms with Crippen LogP contribution in [0.1, 0.15) is 48.0 Å². The van der Waals surface area contributed by atoms with Crippen LogP contribution in [-0.4, -0.2) is 43.6 Å². The van der Waals surface area contributed by atoms with E-state index in [2.05, 4.69) is 75.2 Å². The van der Waals surface area contributed by atoms with E-state index >= 15 is 0 Å². The Labute approximate surface area is 194 Å². The number of carbonyl (C=O) groups excluding carboxylic acids is 1. The summed E-state index contributed by atoms with van der Waals surface area (Å²) in [5.41, 5.74) is -0.576. The average Bonchev–Trinajstić information content (AvgIpc) is 3.14. The SMILES string of the molecule is C#C[C@H]1C[C@H](O[Si](c2ccccc2)(c2ccccc2)C(C)(C)C)CN1C(=O)OC(C)(C)C. The van der Waals surface area contributed by atoms with Gasteiger partial charge in [0.2, 0.25) is 0 Å². The Balaban J connectivity index is 2.01. The molecule has 3 rings (SSSR count). The molecule has 1 fully saturated rings. The van der Waals surface area contributed by atoms with Crippen molar-refractivity contribution in [3.63, 3.8) is 0 Å². The van der Waals surface area contributed by atoms with Gasteiger partial charge >= 0.3 is 6.09 Å². The number of nitrogens with zero attached hydrogens (tertiary/aromatic N) is 1. The van der Waals surface area contributed by atoms with Gasteiger partial charge < -0.3 is 9.16 Å². The van der Waals surface area contributed by atoms with Crippen LogP contribution in [0.4, 0.5) is 4.79 Å². The third-order valence-corrected chi connectivity index (χ3v) is 10.9. The van der Waals surface area contributed by atoms with Gasteiger partial charge in [0, 0.05) is 6.42 Å². The summed E-state index contributed by atoms with van der Waals surface area (Å²) in [6.45, 7) is 12.8. The summed E-state index contributed by atoms with van der Waals surface area (Å²) in [5.74, 6) is 2.78. The minimum atomic E-state index is -2.72. The molecule has 1 amide bonds. The Morgan fingerprint density at radius 1 is 0.969 bits per heavy atom. The number of hydrogen-bond donors (Lipinski definition) is 0. The van der Waals surface area contributed by atoms with Crippen molar-refractivity contribution in [3.8, 4) is 12.3 Å². The Hall–Kier alpha value is -2.55. The maximum absolute atomic E-state index is 12.8. The molecule has 0 N–H and O–H groups in total. The van der Waals surface area contributed by atoms with Crippen LogP contribution in [-0.2, 0) is 9.16 Å². The molecule has 0 aromatic heterocycles. The molecule has 170 valence electrons. The highest BCUT2D eigenvalue weighted by Gasteiger charge is 2.53. The summed E-state index contributed by atoms with van der Waals surface area (Å²) >= 11 is 0. The van der Waals surface area contributed by atoms with E-state index in [1.165, 1.54) is 10.4 Å². The summed E-state index contributed by atoms with van der Waals surface area (Å²) in [6, 6.07) is 20.7. The van der Waals surface area contributed by atoms with Gasteiger partial charge in [0.15, 0.2) is 0 Å². The molecule has 2 atom stereocenters. The maximum atomic E-state index is 12.8. The number of terminal acetylenes is 1. The first-order valence-corrected chi connectivity index (χ1v) is 13.1. The lowest BCUT2D eigenvalue weighted by Crippen LogP contribution is -2.67. The quantitative estimate of drug-likeness (QED) is 0.507. The second kappa shape index (κ2) is 9.13. The van der Waals surface area contributed by atoms with Gasteiger partial charge in [0.05, 0.1) is 18.7 Å². The van der Waals surface area contributed by atoms with Crippen LogP contribution in [0.5, 0.6) is 0 Å². The predicted molar refractivity (Wildman–Crippen MR) is 133 cm³/mol. The van der Waals surface area contributed by atoms with Gasteiger partial charge in [-0.15, -0.1) is 6.42 Å². The maximum Gasteiger partial charge on any atom is 0.411 e. The topological polar surface area (TPSA) is 38.8 Å². The number of rotatable bonds is 4. The standard InChI is InChI=1S/C27H35NO3Si/c1-8-21-19-22(20-28(21)25(29)30-26(2,3)4)31-32(27(5,6)7,23-15-11-9-12-16-23)24-17-13-10-14-18-24/h1,9-18,21-22H,19-20H2,2-7H3/t21-,22-/m0/s1. The third kappa shape index (κ3) is 4.92. The number of likely N-dealkylation sites (tertiary alicyclic amines) is 1. The molecule has 4 nitrogen and oxygen atoms in total. The molecule has 32 heavy (non-hydrogen) atoms. The summed E-state index contributed by atoms with van der Waals surface area (Å²) in [4.78, 5) is 14.5. The Bertz CT molecular complexity index is 915. The zero-order chi connectivity index (χ0) is 23.6. The highest BCUT2D eigenvalue weighted by molar-refractivity contribution is 6.99.